The lowest BCUT2D eigenvalue weighted by molar-refractivity contribution is -0.00244. The quantitative estimate of drug-likeness (QED) is 0.282. The molecule has 1 heterocycles. The Morgan fingerprint density at radius 2 is 2.55 bits per heavy atom. The number of aryl methyl sites for hydroxylation is 1. The summed E-state index contributed by atoms with van der Waals surface area (Å²) < 4.78 is 1.23. The lowest BCUT2D eigenvalue weighted by Gasteiger charge is -1.82. The van der Waals surface area contributed by atoms with E-state index in [1.54, 1.807) is 6.07 Å². The fraction of sp³-hybridized carbons (Fsp3) is 0.250. The first-order chi connectivity index (χ1) is 5.29. The minimum absolute atomic E-state index is 0.134. The molecule has 0 unspecified atom stereocenters. The monoisotopic (exact) mass is 149 g/mol. The molecule has 1 rings (SSSR count). The van der Waals surface area contributed by atoms with E-state index >= 15 is 0 Å². The summed E-state index contributed by atoms with van der Waals surface area (Å²) in [4.78, 5) is 2.70. The lowest BCUT2D eigenvalue weighted by Crippen LogP contribution is -2.08. The molecule has 0 aliphatic heterocycles. The van der Waals surface area contributed by atoms with Crippen LogP contribution in [0.15, 0.2) is 0 Å². The Kier molecular flexibility index (Phi) is 1.72. The third kappa shape index (κ3) is 1.10. The van der Waals surface area contributed by atoms with E-state index in [0.29, 0.717) is 0 Å². The smallest absolute Gasteiger partial charge is 0.360 e. The van der Waals surface area contributed by atoms with Crippen molar-refractivity contribution >= 4 is 5.71 Å². The summed E-state index contributed by atoms with van der Waals surface area (Å²) in [5.41, 5.74) is 8.07. The molecule has 0 aliphatic carbocycles. The maximum absolute atomic E-state index is 8.37. The van der Waals surface area contributed by atoms with Crippen LogP contribution >= 0.6 is 0 Å². The zero-order valence-electron chi connectivity index (χ0n) is 5.63. The molecule has 0 saturated heterocycles. The van der Waals surface area contributed by atoms with E-state index in [4.69, 9.17) is 10.8 Å². The van der Waals surface area contributed by atoms with Crippen LogP contribution in [0.5, 0.6) is 0 Å². The van der Waals surface area contributed by atoms with Gasteiger partial charge in [-0.25, -0.2) is 4.68 Å². The standard InChI is InChI=1S/C4H3N7/c1-11-4(8-9-10-11)3(2-5)7-6/h1H3. The maximum atomic E-state index is 8.37. The number of hydrogen-bond donors (Lipinski definition) is 0. The molecule has 7 nitrogen and oxygen atoms in total. The molecular formula is C4H3N7. The van der Waals surface area contributed by atoms with Crippen LogP contribution in [0.4, 0.5) is 0 Å². The van der Waals surface area contributed by atoms with Crippen molar-refractivity contribution in [3.63, 3.8) is 0 Å². The molecule has 0 atom stereocenters. The largest absolute Gasteiger partial charge is 0.437 e. The number of hydrogen-bond acceptors (Lipinski definition) is 4. The highest BCUT2D eigenvalue weighted by Crippen LogP contribution is 1.87. The van der Waals surface area contributed by atoms with Crippen LogP contribution in [-0.4, -0.2) is 30.7 Å². The Morgan fingerprint density at radius 3 is 2.91 bits per heavy atom. The number of nitrogens with zero attached hydrogens (tertiary/aromatic N) is 7. The van der Waals surface area contributed by atoms with Gasteiger partial charge in [0.05, 0.1) is 0 Å². The van der Waals surface area contributed by atoms with Gasteiger partial charge in [-0.1, -0.05) is 5.10 Å². The van der Waals surface area contributed by atoms with Gasteiger partial charge in [-0.05, 0) is 10.4 Å². The Balaban J connectivity index is 3.23. The molecular weight excluding hydrogens is 146 g/mol. The zero-order chi connectivity index (χ0) is 8.27. The van der Waals surface area contributed by atoms with E-state index < -0.39 is 0 Å². The van der Waals surface area contributed by atoms with Crippen LogP contribution in [-0.2, 0) is 7.05 Å². The topological polar surface area (TPSA) is 104 Å². The van der Waals surface area contributed by atoms with Gasteiger partial charge in [-0.3, -0.25) is 0 Å². The van der Waals surface area contributed by atoms with Crippen molar-refractivity contribution in [3.8, 4) is 6.07 Å². The summed E-state index contributed by atoms with van der Waals surface area (Å²) in [5.74, 6) is 0.134. The van der Waals surface area contributed by atoms with Gasteiger partial charge in [0.25, 0.3) is 5.82 Å². The average molecular weight is 149 g/mol. The minimum atomic E-state index is -0.211. The summed E-state index contributed by atoms with van der Waals surface area (Å²) in [5, 5.41) is 18.5. The molecule has 0 fully saturated rings. The predicted molar refractivity (Wildman–Crippen MR) is 32.1 cm³/mol. The molecule has 0 N–H and O–H groups in total. The molecule has 7 heteroatoms. The fourth-order valence-corrected chi connectivity index (χ4v) is 0.547. The van der Waals surface area contributed by atoms with Gasteiger partial charge < -0.3 is 5.53 Å². The highest BCUT2D eigenvalue weighted by molar-refractivity contribution is 6.04. The highest BCUT2D eigenvalue weighted by atomic mass is 15.5. The van der Waals surface area contributed by atoms with E-state index in [0.717, 1.165) is 0 Å². The van der Waals surface area contributed by atoms with E-state index in [1.165, 1.54) is 11.7 Å². The number of rotatable bonds is 1. The third-order valence-electron chi connectivity index (χ3n) is 1.04. The molecule has 0 aliphatic rings. The Bertz CT molecular complexity index is 349. The zero-order valence-corrected chi connectivity index (χ0v) is 5.63. The third-order valence-corrected chi connectivity index (χ3v) is 1.04. The van der Waals surface area contributed by atoms with Gasteiger partial charge in [-0.15, -0.1) is 0 Å². The van der Waals surface area contributed by atoms with Crippen LogP contribution in [0.25, 0.3) is 5.53 Å². The van der Waals surface area contributed by atoms with E-state index in [-0.39, 0.29) is 11.5 Å². The first-order valence-corrected chi connectivity index (χ1v) is 2.64. The van der Waals surface area contributed by atoms with Crippen molar-refractivity contribution in [2.24, 2.45) is 7.05 Å². The second kappa shape index (κ2) is 2.68. The first-order valence-electron chi connectivity index (χ1n) is 2.64. The van der Waals surface area contributed by atoms with Crippen LogP contribution in [0, 0.1) is 11.3 Å². The van der Waals surface area contributed by atoms with Gasteiger partial charge in [0.2, 0.25) is 0 Å². The van der Waals surface area contributed by atoms with Crippen molar-refractivity contribution in [2.75, 3.05) is 0 Å². The van der Waals surface area contributed by atoms with Crippen LogP contribution < -0.4 is 0 Å². The minimum Gasteiger partial charge on any atom is -0.360 e. The summed E-state index contributed by atoms with van der Waals surface area (Å²) in [6, 6.07) is 1.63. The van der Waals surface area contributed by atoms with Gasteiger partial charge in [0, 0.05) is 7.05 Å². The normalized spacial score (nSPS) is 8.36. The Hall–Kier alpha value is -2.06. The van der Waals surface area contributed by atoms with Crippen molar-refractivity contribution in [1.82, 2.24) is 20.2 Å². The molecule has 0 saturated carbocycles. The van der Waals surface area contributed by atoms with E-state index in [1.807, 2.05) is 0 Å². The van der Waals surface area contributed by atoms with Crippen molar-refractivity contribution in [1.29, 1.82) is 5.26 Å². The molecule has 0 radical (unpaired) electrons. The van der Waals surface area contributed by atoms with Crippen LogP contribution in [0.3, 0.4) is 0 Å². The summed E-state index contributed by atoms with van der Waals surface area (Å²) in [6.45, 7) is 0. The second-order valence-corrected chi connectivity index (χ2v) is 1.69. The highest BCUT2D eigenvalue weighted by Gasteiger charge is 2.17. The molecule has 0 aromatic carbocycles. The Morgan fingerprint density at radius 1 is 1.82 bits per heavy atom. The average Bonchev–Trinajstić information content (AvgIpc) is 2.40. The second-order valence-electron chi connectivity index (χ2n) is 1.69. The lowest BCUT2D eigenvalue weighted by atomic mass is 10.4. The fourth-order valence-electron chi connectivity index (χ4n) is 0.547. The van der Waals surface area contributed by atoms with Gasteiger partial charge in [-0.2, -0.15) is 10.1 Å². The van der Waals surface area contributed by atoms with E-state index in [9.17, 15) is 0 Å². The van der Waals surface area contributed by atoms with Gasteiger partial charge in [0.1, 0.15) is 0 Å². The van der Waals surface area contributed by atoms with E-state index in [2.05, 4.69) is 20.3 Å². The molecule has 54 valence electrons. The summed E-state index contributed by atoms with van der Waals surface area (Å²) in [7, 11) is 1.54. The predicted octanol–water partition coefficient (Wildman–Crippen LogP) is -1.25. The molecule has 1 aromatic heterocycles. The number of tetrazole rings is 1. The van der Waals surface area contributed by atoms with Crippen LogP contribution in [0.2, 0.25) is 0 Å². The van der Waals surface area contributed by atoms with Crippen LogP contribution in [0.1, 0.15) is 5.82 Å². The Labute approximate surface area is 61.5 Å². The SMILES string of the molecule is Cn1nnnc1C(C#N)=[N+]=[N-]. The number of nitriles is 1. The maximum Gasteiger partial charge on any atom is 0.437 e. The molecule has 0 spiro atoms. The molecule has 0 bridgehead atoms. The first kappa shape index (κ1) is 7.05. The molecule has 11 heavy (non-hydrogen) atoms. The van der Waals surface area contributed by atoms with Crippen molar-refractivity contribution in [3.05, 3.63) is 11.4 Å². The summed E-state index contributed by atoms with van der Waals surface area (Å²) >= 11 is 0. The van der Waals surface area contributed by atoms with Crippen molar-refractivity contribution in [2.45, 2.75) is 0 Å². The number of aromatic nitrogens is 4. The molecule has 0 amide bonds. The van der Waals surface area contributed by atoms with Gasteiger partial charge in [0.15, 0.2) is 6.07 Å². The van der Waals surface area contributed by atoms with Crippen molar-refractivity contribution < 1.29 is 4.79 Å². The summed E-state index contributed by atoms with van der Waals surface area (Å²) in [6.07, 6.45) is 0. The molecule has 1 aromatic rings. The van der Waals surface area contributed by atoms with Gasteiger partial charge >= 0.3 is 5.71 Å².